The maximum absolute atomic E-state index is 10.9. The molecule has 0 amide bonds. The number of aromatic nitrogens is 1. The molecule has 0 unspecified atom stereocenters. The topological polar surface area (TPSA) is 53.4 Å². The maximum atomic E-state index is 10.9. The molecule has 2 rings (SSSR count). The van der Waals surface area contributed by atoms with E-state index >= 15 is 0 Å². The Morgan fingerprint density at radius 3 is 2.53 bits per heavy atom. The molecule has 4 nitrogen and oxygen atoms in total. The third-order valence-electron chi connectivity index (χ3n) is 4.05. The molecule has 0 aliphatic carbocycles. The number of piperidine rings is 1. The second-order valence-electron chi connectivity index (χ2n) is 6.33. The molecule has 1 N–H and O–H groups in total. The van der Waals surface area contributed by atoms with Crippen molar-refractivity contribution in [3.05, 3.63) is 24.0 Å². The summed E-state index contributed by atoms with van der Waals surface area (Å²) in [6.45, 7) is 8.86. The molecule has 0 aromatic carbocycles. The van der Waals surface area contributed by atoms with Crippen LogP contribution in [0.25, 0.3) is 0 Å². The van der Waals surface area contributed by atoms with Gasteiger partial charge < -0.3 is 10.0 Å². The molecule has 2 heterocycles. The molecule has 4 heteroatoms. The highest BCUT2D eigenvalue weighted by Crippen LogP contribution is 2.35. The monoisotopic (exact) mass is 262 g/mol. The summed E-state index contributed by atoms with van der Waals surface area (Å²) < 4.78 is 0. The number of rotatable bonds is 2. The van der Waals surface area contributed by atoms with Gasteiger partial charge in [-0.25, -0.2) is 9.78 Å². The summed E-state index contributed by atoms with van der Waals surface area (Å²) in [5.41, 5.74) is 1.45. The molecule has 19 heavy (non-hydrogen) atoms. The third kappa shape index (κ3) is 3.25. The number of pyridine rings is 1. The summed E-state index contributed by atoms with van der Waals surface area (Å²) in [5, 5.41) is 8.98. The van der Waals surface area contributed by atoms with Crippen LogP contribution in [0.1, 0.15) is 44.1 Å². The van der Waals surface area contributed by atoms with E-state index in [0.717, 1.165) is 37.5 Å². The smallest absolute Gasteiger partial charge is 0.354 e. The minimum atomic E-state index is -0.966. The lowest BCUT2D eigenvalue weighted by Crippen LogP contribution is -2.38. The Labute approximate surface area is 114 Å². The van der Waals surface area contributed by atoms with Crippen LogP contribution >= 0.6 is 0 Å². The first-order valence-electron chi connectivity index (χ1n) is 6.82. The Bertz CT molecular complexity index is 457. The van der Waals surface area contributed by atoms with E-state index in [0.29, 0.717) is 5.41 Å². The van der Waals surface area contributed by atoms with E-state index in [-0.39, 0.29) is 5.69 Å². The highest BCUT2D eigenvalue weighted by Gasteiger charge is 2.28. The number of carboxylic acid groups (broad SMARTS) is 1. The first-order chi connectivity index (χ1) is 8.88. The quantitative estimate of drug-likeness (QED) is 0.890. The predicted octanol–water partition coefficient (Wildman–Crippen LogP) is 3.04. The normalized spacial score (nSPS) is 17.5. The molecular weight excluding hydrogens is 240 g/mol. The molecular formula is C15H22N2O2. The lowest BCUT2D eigenvalue weighted by Gasteiger charge is -2.39. The van der Waals surface area contributed by atoms with E-state index in [4.69, 9.17) is 5.11 Å². The minimum Gasteiger partial charge on any atom is -0.477 e. The minimum absolute atomic E-state index is 0.121. The summed E-state index contributed by atoms with van der Waals surface area (Å²) in [4.78, 5) is 17.1. The van der Waals surface area contributed by atoms with Crippen molar-refractivity contribution < 1.29 is 9.90 Å². The number of aromatic carboxylic acids is 1. The van der Waals surface area contributed by atoms with Crippen LogP contribution in [-0.2, 0) is 0 Å². The highest BCUT2D eigenvalue weighted by molar-refractivity contribution is 5.86. The van der Waals surface area contributed by atoms with Crippen molar-refractivity contribution in [3.8, 4) is 0 Å². The molecule has 1 saturated heterocycles. The zero-order valence-corrected chi connectivity index (χ0v) is 11.9. The van der Waals surface area contributed by atoms with Crippen LogP contribution in [0.3, 0.4) is 0 Å². The van der Waals surface area contributed by atoms with Gasteiger partial charge in [-0.2, -0.15) is 0 Å². The van der Waals surface area contributed by atoms with Gasteiger partial charge in [-0.05, 0) is 36.3 Å². The molecule has 1 aromatic heterocycles. The zero-order valence-electron chi connectivity index (χ0n) is 11.9. The van der Waals surface area contributed by atoms with Gasteiger partial charge in [0.15, 0.2) is 0 Å². The van der Waals surface area contributed by atoms with Gasteiger partial charge in [0.05, 0.1) is 0 Å². The number of nitrogens with zero attached hydrogens (tertiary/aromatic N) is 2. The van der Waals surface area contributed by atoms with Gasteiger partial charge in [0.25, 0.3) is 0 Å². The summed E-state index contributed by atoms with van der Waals surface area (Å²) >= 11 is 0. The highest BCUT2D eigenvalue weighted by atomic mass is 16.4. The second-order valence-corrected chi connectivity index (χ2v) is 6.33. The van der Waals surface area contributed by atoms with Crippen LogP contribution in [0, 0.1) is 11.3 Å². The van der Waals surface area contributed by atoms with Gasteiger partial charge in [0, 0.05) is 25.0 Å². The maximum Gasteiger partial charge on any atom is 0.354 e. The molecule has 0 radical (unpaired) electrons. The Kier molecular flexibility index (Phi) is 3.78. The summed E-state index contributed by atoms with van der Waals surface area (Å²) in [6.07, 6.45) is 3.90. The fraction of sp³-hybridized carbons (Fsp3) is 0.600. The van der Waals surface area contributed by atoms with Gasteiger partial charge in [-0.1, -0.05) is 20.8 Å². The molecule has 1 aromatic rings. The summed E-state index contributed by atoms with van der Waals surface area (Å²) in [7, 11) is 0. The van der Waals surface area contributed by atoms with Gasteiger partial charge in [-0.15, -0.1) is 0 Å². The van der Waals surface area contributed by atoms with Crippen LogP contribution in [-0.4, -0.2) is 29.1 Å². The Morgan fingerprint density at radius 1 is 1.37 bits per heavy atom. The molecule has 0 saturated carbocycles. The molecule has 0 bridgehead atoms. The van der Waals surface area contributed by atoms with E-state index in [1.165, 1.54) is 0 Å². The lowest BCUT2D eigenvalue weighted by molar-refractivity contribution is 0.0690. The van der Waals surface area contributed by atoms with Crippen molar-refractivity contribution in [3.63, 3.8) is 0 Å². The van der Waals surface area contributed by atoms with Gasteiger partial charge in [-0.3, -0.25) is 0 Å². The van der Waals surface area contributed by atoms with E-state index in [9.17, 15) is 4.79 Å². The van der Waals surface area contributed by atoms with E-state index in [1.807, 2.05) is 6.07 Å². The average Bonchev–Trinajstić information content (AvgIpc) is 2.38. The largest absolute Gasteiger partial charge is 0.477 e. The Hall–Kier alpha value is -1.58. The predicted molar refractivity (Wildman–Crippen MR) is 75.6 cm³/mol. The van der Waals surface area contributed by atoms with Crippen LogP contribution < -0.4 is 4.90 Å². The van der Waals surface area contributed by atoms with Crippen molar-refractivity contribution in [2.24, 2.45) is 11.3 Å². The molecule has 104 valence electrons. The van der Waals surface area contributed by atoms with Crippen LogP contribution in [0.5, 0.6) is 0 Å². The van der Waals surface area contributed by atoms with Crippen LogP contribution in [0.4, 0.5) is 5.69 Å². The van der Waals surface area contributed by atoms with Gasteiger partial charge in [0.2, 0.25) is 0 Å². The number of carboxylic acids is 1. The second kappa shape index (κ2) is 5.19. The van der Waals surface area contributed by atoms with Crippen molar-refractivity contribution in [2.45, 2.75) is 33.6 Å². The van der Waals surface area contributed by atoms with Crippen LogP contribution in [0.2, 0.25) is 0 Å². The van der Waals surface area contributed by atoms with E-state index < -0.39 is 5.97 Å². The van der Waals surface area contributed by atoms with Crippen LogP contribution in [0.15, 0.2) is 18.3 Å². The Balaban J connectivity index is 2.05. The van der Waals surface area contributed by atoms with E-state index in [2.05, 4.69) is 30.7 Å². The SMILES string of the molecule is CC(C)(C)C1CCN(c2ccnc(C(=O)O)c2)CC1. The zero-order chi connectivity index (χ0) is 14.0. The summed E-state index contributed by atoms with van der Waals surface area (Å²) in [6, 6.07) is 3.56. The van der Waals surface area contributed by atoms with Crippen molar-refractivity contribution in [2.75, 3.05) is 18.0 Å². The summed E-state index contributed by atoms with van der Waals surface area (Å²) in [5.74, 6) is -0.226. The van der Waals surface area contributed by atoms with Crippen molar-refractivity contribution in [1.29, 1.82) is 0 Å². The molecule has 1 aliphatic rings. The third-order valence-corrected chi connectivity index (χ3v) is 4.05. The molecule has 1 aliphatic heterocycles. The number of hydrogen-bond acceptors (Lipinski definition) is 3. The van der Waals surface area contributed by atoms with E-state index in [1.54, 1.807) is 12.3 Å². The van der Waals surface area contributed by atoms with Gasteiger partial charge >= 0.3 is 5.97 Å². The Morgan fingerprint density at radius 2 is 2.00 bits per heavy atom. The van der Waals surface area contributed by atoms with Crippen molar-refractivity contribution in [1.82, 2.24) is 4.98 Å². The standard InChI is InChI=1S/C15H22N2O2/c1-15(2,3)11-5-8-17(9-6-11)12-4-7-16-13(10-12)14(18)19/h4,7,10-11H,5-6,8-9H2,1-3H3,(H,18,19). The first kappa shape index (κ1) is 13.8. The fourth-order valence-corrected chi connectivity index (χ4v) is 2.74. The number of carbonyl (C=O) groups is 1. The number of anilines is 1. The average molecular weight is 262 g/mol. The first-order valence-corrected chi connectivity index (χ1v) is 6.82. The molecule has 0 atom stereocenters. The lowest BCUT2D eigenvalue weighted by atomic mass is 9.75. The molecule has 1 fully saturated rings. The fourth-order valence-electron chi connectivity index (χ4n) is 2.74. The molecule has 0 spiro atoms. The van der Waals surface area contributed by atoms with Crippen molar-refractivity contribution >= 4 is 11.7 Å². The van der Waals surface area contributed by atoms with Gasteiger partial charge in [0.1, 0.15) is 5.69 Å². The number of hydrogen-bond donors (Lipinski definition) is 1.